The van der Waals surface area contributed by atoms with Crippen LogP contribution in [0.15, 0.2) is 28.4 Å². The summed E-state index contributed by atoms with van der Waals surface area (Å²) >= 11 is 1.53. The monoisotopic (exact) mass is 405 g/mol. The van der Waals surface area contributed by atoms with Crippen LogP contribution in [-0.2, 0) is 11.2 Å². The molecule has 1 unspecified atom stereocenters. The van der Waals surface area contributed by atoms with E-state index in [-0.39, 0.29) is 36.8 Å². The van der Waals surface area contributed by atoms with Crippen molar-refractivity contribution in [2.45, 2.75) is 44.6 Å². The predicted molar refractivity (Wildman–Crippen MR) is 106 cm³/mol. The third-order valence-corrected chi connectivity index (χ3v) is 5.42. The van der Waals surface area contributed by atoms with E-state index >= 15 is 0 Å². The van der Waals surface area contributed by atoms with E-state index < -0.39 is 0 Å². The van der Waals surface area contributed by atoms with E-state index in [2.05, 4.69) is 10.3 Å². The minimum absolute atomic E-state index is 0. The lowest BCUT2D eigenvalue weighted by molar-refractivity contribution is -0.121. The third-order valence-electron chi connectivity index (χ3n) is 4.48. The van der Waals surface area contributed by atoms with Crippen LogP contribution in [0.4, 0.5) is 0 Å². The number of hydrogen-bond donors (Lipinski definition) is 2. The summed E-state index contributed by atoms with van der Waals surface area (Å²) in [6.45, 7) is 0.508. The molecule has 0 aliphatic heterocycles. The molecule has 1 atom stereocenters. The first-order valence-corrected chi connectivity index (χ1v) is 9.10. The van der Waals surface area contributed by atoms with E-state index in [1.807, 2.05) is 11.4 Å². The predicted octanol–water partition coefficient (Wildman–Crippen LogP) is 3.81. The van der Waals surface area contributed by atoms with Crippen molar-refractivity contribution in [2.24, 2.45) is 11.7 Å². The summed E-state index contributed by atoms with van der Waals surface area (Å²) < 4.78 is 5.07. The highest BCUT2D eigenvalue weighted by molar-refractivity contribution is 7.13. The Labute approximate surface area is 164 Å². The van der Waals surface area contributed by atoms with Crippen molar-refractivity contribution in [2.75, 3.05) is 6.54 Å². The van der Waals surface area contributed by atoms with E-state index in [0.29, 0.717) is 18.9 Å². The van der Waals surface area contributed by atoms with Crippen LogP contribution < -0.4 is 11.1 Å². The lowest BCUT2D eigenvalue weighted by atomic mass is 9.84. The van der Waals surface area contributed by atoms with Crippen LogP contribution in [-0.4, -0.2) is 23.5 Å². The van der Waals surface area contributed by atoms with Crippen LogP contribution in [0, 0.1) is 5.92 Å². The van der Waals surface area contributed by atoms with E-state index in [4.69, 9.17) is 10.2 Å². The molecule has 2 heterocycles. The Kier molecular flexibility index (Phi) is 9.50. The van der Waals surface area contributed by atoms with E-state index in [1.54, 1.807) is 12.5 Å². The highest BCUT2D eigenvalue weighted by Gasteiger charge is 2.24. The molecular formula is C17H25Cl2N3O2S. The van der Waals surface area contributed by atoms with Gasteiger partial charge in [0.1, 0.15) is 11.3 Å². The van der Waals surface area contributed by atoms with Crippen molar-refractivity contribution in [3.05, 3.63) is 29.7 Å². The normalized spacial score (nSPS) is 15.7. The molecule has 1 aliphatic carbocycles. The minimum atomic E-state index is 0. The number of nitrogens with zero attached hydrogens (tertiary/aromatic N) is 1. The molecule has 3 rings (SSSR count). The maximum absolute atomic E-state index is 12.3. The van der Waals surface area contributed by atoms with Gasteiger partial charge in [-0.25, -0.2) is 4.98 Å². The number of carbonyl (C=O) groups is 1. The van der Waals surface area contributed by atoms with Gasteiger partial charge >= 0.3 is 0 Å². The summed E-state index contributed by atoms with van der Waals surface area (Å²) in [6.07, 6.45) is 9.73. The fraction of sp³-hybridized carbons (Fsp3) is 0.529. The molecule has 0 aromatic carbocycles. The molecule has 140 valence electrons. The molecule has 1 saturated carbocycles. The van der Waals surface area contributed by atoms with Crippen LogP contribution in [0.25, 0.3) is 10.6 Å². The first kappa shape index (κ1) is 22.0. The van der Waals surface area contributed by atoms with Crippen LogP contribution in [0.1, 0.15) is 37.8 Å². The number of furan rings is 1. The zero-order valence-corrected chi connectivity index (χ0v) is 16.4. The van der Waals surface area contributed by atoms with Gasteiger partial charge in [0.25, 0.3) is 0 Å². The van der Waals surface area contributed by atoms with Crippen molar-refractivity contribution in [3.63, 3.8) is 0 Å². The number of rotatable bonds is 6. The van der Waals surface area contributed by atoms with Gasteiger partial charge in [-0.3, -0.25) is 4.79 Å². The summed E-state index contributed by atoms with van der Waals surface area (Å²) in [5.41, 5.74) is 7.62. The molecule has 25 heavy (non-hydrogen) atoms. The molecule has 0 bridgehead atoms. The lowest BCUT2D eigenvalue weighted by Gasteiger charge is -2.30. The van der Waals surface area contributed by atoms with Crippen molar-refractivity contribution in [3.8, 4) is 10.6 Å². The smallest absolute Gasteiger partial charge is 0.226 e. The van der Waals surface area contributed by atoms with Gasteiger partial charge in [-0.2, -0.15) is 0 Å². The highest BCUT2D eigenvalue weighted by Crippen LogP contribution is 2.27. The van der Waals surface area contributed by atoms with Gasteiger partial charge in [0.15, 0.2) is 0 Å². The number of aromatic nitrogens is 1. The minimum Gasteiger partial charge on any atom is -0.472 e. The van der Waals surface area contributed by atoms with Gasteiger partial charge in [-0.15, -0.1) is 36.2 Å². The fourth-order valence-electron chi connectivity index (χ4n) is 3.23. The first-order valence-electron chi connectivity index (χ1n) is 8.22. The highest BCUT2D eigenvalue weighted by atomic mass is 35.5. The number of nitrogens with two attached hydrogens (primary N) is 1. The molecular weight excluding hydrogens is 381 g/mol. The molecule has 5 nitrogen and oxygen atoms in total. The molecule has 0 radical (unpaired) electrons. The lowest BCUT2D eigenvalue weighted by Crippen LogP contribution is -2.46. The molecule has 1 amide bonds. The average molecular weight is 406 g/mol. The molecule has 1 aliphatic rings. The average Bonchev–Trinajstić information content (AvgIpc) is 3.24. The molecule has 2 aromatic heterocycles. The molecule has 3 N–H and O–H groups in total. The van der Waals surface area contributed by atoms with E-state index in [9.17, 15) is 4.79 Å². The quantitative estimate of drug-likeness (QED) is 0.764. The van der Waals surface area contributed by atoms with Gasteiger partial charge in [0.2, 0.25) is 5.91 Å². The Morgan fingerprint density at radius 2 is 2.12 bits per heavy atom. The zero-order chi connectivity index (χ0) is 16.1. The number of halogens is 2. The number of amides is 1. The Bertz CT molecular complexity index is 628. The van der Waals surface area contributed by atoms with E-state index in [0.717, 1.165) is 16.3 Å². The zero-order valence-electron chi connectivity index (χ0n) is 14.0. The SMILES string of the molecule is Cl.Cl.NCC(NC(=O)Cc1csc(-c2ccoc2)n1)C1CCCCC1. The Hall–Kier alpha value is -1.08. The number of hydrogen-bond acceptors (Lipinski definition) is 5. The fourth-order valence-corrected chi connectivity index (χ4v) is 4.04. The van der Waals surface area contributed by atoms with Crippen LogP contribution >= 0.6 is 36.2 Å². The van der Waals surface area contributed by atoms with Crippen molar-refractivity contribution >= 4 is 42.1 Å². The summed E-state index contributed by atoms with van der Waals surface area (Å²) in [5.74, 6) is 0.532. The number of carbonyl (C=O) groups excluding carboxylic acids is 1. The van der Waals surface area contributed by atoms with Crippen molar-refractivity contribution in [1.29, 1.82) is 0 Å². The molecule has 0 saturated heterocycles. The maximum Gasteiger partial charge on any atom is 0.226 e. The topological polar surface area (TPSA) is 81.1 Å². The summed E-state index contributed by atoms with van der Waals surface area (Å²) in [4.78, 5) is 16.8. The Morgan fingerprint density at radius 1 is 1.36 bits per heavy atom. The summed E-state index contributed by atoms with van der Waals surface area (Å²) in [7, 11) is 0. The molecule has 8 heteroatoms. The maximum atomic E-state index is 12.3. The molecule has 1 fully saturated rings. The number of thiazole rings is 1. The second-order valence-corrected chi connectivity index (χ2v) is 7.00. The Balaban J connectivity index is 0.00000156. The van der Waals surface area contributed by atoms with E-state index in [1.165, 1.54) is 43.4 Å². The van der Waals surface area contributed by atoms with Gasteiger partial charge in [-0.1, -0.05) is 19.3 Å². The van der Waals surface area contributed by atoms with Crippen LogP contribution in [0.2, 0.25) is 0 Å². The summed E-state index contributed by atoms with van der Waals surface area (Å²) in [5, 5.41) is 5.92. The standard InChI is InChI=1S/C17H23N3O2S.2ClH/c18-9-15(12-4-2-1-3-5-12)20-16(21)8-14-11-23-17(19-14)13-6-7-22-10-13;;/h6-7,10-12,15H,1-5,8-9,18H2,(H,20,21);2*1H. The third kappa shape index (κ3) is 5.99. The molecule has 2 aromatic rings. The second-order valence-electron chi connectivity index (χ2n) is 6.14. The van der Waals surface area contributed by atoms with Gasteiger partial charge in [0.05, 0.1) is 18.4 Å². The van der Waals surface area contributed by atoms with Crippen LogP contribution in [0.5, 0.6) is 0 Å². The summed E-state index contributed by atoms with van der Waals surface area (Å²) in [6, 6.07) is 1.96. The number of nitrogens with one attached hydrogen (secondary N) is 1. The van der Waals surface area contributed by atoms with Crippen molar-refractivity contribution < 1.29 is 9.21 Å². The largest absolute Gasteiger partial charge is 0.472 e. The van der Waals surface area contributed by atoms with Crippen LogP contribution in [0.3, 0.4) is 0 Å². The van der Waals surface area contributed by atoms with Gasteiger partial charge in [-0.05, 0) is 24.8 Å². The Morgan fingerprint density at radius 3 is 2.76 bits per heavy atom. The van der Waals surface area contributed by atoms with Crippen molar-refractivity contribution in [1.82, 2.24) is 10.3 Å². The van der Waals surface area contributed by atoms with Gasteiger partial charge < -0.3 is 15.5 Å². The first-order chi connectivity index (χ1) is 11.3. The molecule has 0 spiro atoms. The van der Waals surface area contributed by atoms with Gasteiger partial charge in [0, 0.05) is 23.5 Å². The second kappa shape index (κ2) is 10.8.